The van der Waals surface area contributed by atoms with Gasteiger partial charge in [-0.25, -0.2) is 9.97 Å². The molecule has 6 heteroatoms. The lowest BCUT2D eigenvalue weighted by Gasteiger charge is -2.13. The van der Waals surface area contributed by atoms with Gasteiger partial charge in [-0.3, -0.25) is 4.79 Å². The second-order valence-electron chi connectivity index (χ2n) is 6.31. The molecule has 0 bridgehead atoms. The Morgan fingerprint density at radius 1 is 1.07 bits per heavy atom. The minimum absolute atomic E-state index is 0.234. The Morgan fingerprint density at radius 3 is 2.52 bits per heavy atom. The van der Waals surface area contributed by atoms with Crippen LogP contribution in [0.1, 0.15) is 32.7 Å². The number of carbonyl (C=O) groups excluding carboxylic acids is 1. The van der Waals surface area contributed by atoms with Crippen LogP contribution < -0.4 is 10.6 Å². The molecular formula is C21H19N5O. The van der Waals surface area contributed by atoms with E-state index in [4.69, 9.17) is 5.26 Å². The van der Waals surface area contributed by atoms with E-state index in [0.29, 0.717) is 17.2 Å². The summed E-state index contributed by atoms with van der Waals surface area (Å²) in [4.78, 5) is 21.0. The molecule has 2 N–H and O–H groups in total. The lowest BCUT2D eigenvalue weighted by molar-refractivity contribution is 0.102. The summed E-state index contributed by atoms with van der Waals surface area (Å²) in [5.41, 5.74) is 5.53. The zero-order valence-electron chi connectivity index (χ0n) is 15.4. The lowest BCUT2D eigenvalue weighted by Crippen LogP contribution is -2.15. The number of hydrogen-bond donors (Lipinski definition) is 2. The third kappa shape index (κ3) is 4.28. The van der Waals surface area contributed by atoms with Crippen molar-refractivity contribution in [2.24, 2.45) is 0 Å². The van der Waals surface area contributed by atoms with Crippen molar-refractivity contribution in [1.82, 2.24) is 9.97 Å². The second kappa shape index (κ2) is 7.67. The molecule has 0 radical (unpaired) electrons. The van der Waals surface area contributed by atoms with Crippen LogP contribution >= 0.6 is 0 Å². The highest BCUT2D eigenvalue weighted by molar-refractivity contribution is 6.03. The van der Waals surface area contributed by atoms with Crippen LogP contribution in [0.25, 0.3) is 0 Å². The van der Waals surface area contributed by atoms with Crippen LogP contribution in [0.3, 0.4) is 0 Å². The van der Waals surface area contributed by atoms with Gasteiger partial charge in [-0.15, -0.1) is 0 Å². The largest absolute Gasteiger partial charge is 0.324 e. The van der Waals surface area contributed by atoms with E-state index in [0.717, 1.165) is 16.8 Å². The van der Waals surface area contributed by atoms with Gasteiger partial charge in [-0.05, 0) is 56.2 Å². The fourth-order valence-corrected chi connectivity index (χ4v) is 2.90. The fraction of sp³-hybridized carbons (Fsp3) is 0.143. The Bertz CT molecular complexity index is 1030. The van der Waals surface area contributed by atoms with Crippen molar-refractivity contribution in [1.29, 1.82) is 5.26 Å². The van der Waals surface area contributed by atoms with E-state index in [1.165, 1.54) is 11.8 Å². The molecule has 1 aromatic heterocycles. The highest BCUT2D eigenvalue weighted by Gasteiger charge is 2.11. The van der Waals surface area contributed by atoms with Gasteiger partial charge in [0.05, 0.1) is 11.6 Å². The molecule has 0 unspecified atom stereocenters. The Hall–Kier alpha value is -3.72. The van der Waals surface area contributed by atoms with Gasteiger partial charge in [0.25, 0.3) is 5.91 Å². The third-order valence-electron chi connectivity index (χ3n) is 4.05. The maximum Gasteiger partial charge on any atom is 0.274 e. The van der Waals surface area contributed by atoms with E-state index >= 15 is 0 Å². The second-order valence-corrected chi connectivity index (χ2v) is 6.31. The summed E-state index contributed by atoms with van der Waals surface area (Å²) in [6, 6.07) is 14.5. The van der Waals surface area contributed by atoms with E-state index in [9.17, 15) is 4.79 Å². The normalized spacial score (nSPS) is 10.1. The maximum absolute atomic E-state index is 12.5. The molecule has 0 atom stereocenters. The summed E-state index contributed by atoms with van der Waals surface area (Å²) >= 11 is 0. The first-order valence-electron chi connectivity index (χ1n) is 8.45. The van der Waals surface area contributed by atoms with Crippen molar-refractivity contribution in [3.63, 3.8) is 0 Å². The third-order valence-corrected chi connectivity index (χ3v) is 4.05. The zero-order valence-corrected chi connectivity index (χ0v) is 15.4. The van der Waals surface area contributed by atoms with E-state index in [2.05, 4.69) is 32.7 Å². The molecule has 0 aliphatic heterocycles. The van der Waals surface area contributed by atoms with Crippen LogP contribution in [0.5, 0.6) is 0 Å². The summed E-state index contributed by atoms with van der Waals surface area (Å²) in [7, 11) is 0. The molecule has 0 aliphatic rings. The van der Waals surface area contributed by atoms with Crippen molar-refractivity contribution < 1.29 is 4.79 Å². The first-order valence-corrected chi connectivity index (χ1v) is 8.45. The lowest BCUT2D eigenvalue weighted by atomic mass is 10.1. The van der Waals surface area contributed by atoms with E-state index in [1.54, 1.807) is 30.3 Å². The minimum Gasteiger partial charge on any atom is -0.324 e. The average molecular weight is 357 g/mol. The maximum atomic E-state index is 12.5. The van der Waals surface area contributed by atoms with Gasteiger partial charge in [0.2, 0.25) is 5.95 Å². The molecule has 0 fully saturated rings. The van der Waals surface area contributed by atoms with Crippen LogP contribution in [0, 0.1) is 32.1 Å². The number of amides is 1. The van der Waals surface area contributed by atoms with Crippen molar-refractivity contribution in [2.75, 3.05) is 10.6 Å². The molecule has 134 valence electrons. The highest BCUT2D eigenvalue weighted by Crippen LogP contribution is 2.24. The molecule has 1 heterocycles. The van der Waals surface area contributed by atoms with Gasteiger partial charge in [-0.1, -0.05) is 23.8 Å². The zero-order chi connectivity index (χ0) is 19.4. The number of aryl methyl sites for hydroxylation is 3. The number of nitrogens with one attached hydrogen (secondary N) is 2. The first kappa shape index (κ1) is 18.1. The van der Waals surface area contributed by atoms with Crippen molar-refractivity contribution in [3.05, 3.63) is 76.6 Å². The smallest absolute Gasteiger partial charge is 0.274 e. The first-order chi connectivity index (χ1) is 13.0. The molecular weight excluding hydrogens is 338 g/mol. The van der Waals surface area contributed by atoms with Gasteiger partial charge in [0.15, 0.2) is 0 Å². The topological polar surface area (TPSA) is 90.7 Å². The number of nitriles is 1. The van der Waals surface area contributed by atoms with Crippen molar-refractivity contribution in [3.8, 4) is 6.07 Å². The number of anilines is 3. The number of benzene rings is 2. The Labute approximate surface area is 157 Å². The minimum atomic E-state index is -0.368. The van der Waals surface area contributed by atoms with E-state index in [1.807, 2.05) is 26.8 Å². The Balaban J connectivity index is 1.81. The number of rotatable bonds is 4. The van der Waals surface area contributed by atoms with Crippen LogP contribution in [0.15, 0.2) is 48.7 Å². The molecule has 27 heavy (non-hydrogen) atoms. The molecule has 0 saturated carbocycles. The van der Waals surface area contributed by atoms with Gasteiger partial charge < -0.3 is 10.6 Å². The number of hydrogen-bond acceptors (Lipinski definition) is 5. The molecule has 0 spiro atoms. The highest BCUT2D eigenvalue weighted by atomic mass is 16.1. The predicted octanol–water partition coefficient (Wildman–Crippen LogP) is 4.27. The molecule has 6 nitrogen and oxygen atoms in total. The standard InChI is InChI=1S/C21H19N5O/c1-13-9-14(2)19(15(3)10-13)26-21-23-8-7-18(25-21)20(27)24-17-6-4-5-16(11-17)12-22/h4-11H,1-3H3,(H,24,27)(H,23,25,26). The number of aromatic nitrogens is 2. The Morgan fingerprint density at radius 2 is 1.81 bits per heavy atom. The molecule has 2 aromatic carbocycles. The summed E-state index contributed by atoms with van der Waals surface area (Å²) in [5, 5.41) is 14.9. The fourth-order valence-electron chi connectivity index (χ4n) is 2.90. The van der Waals surface area contributed by atoms with Crippen LogP contribution in [-0.4, -0.2) is 15.9 Å². The predicted molar refractivity (Wildman–Crippen MR) is 105 cm³/mol. The SMILES string of the molecule is Cc1cc(C)c(Nc2nccc(C(=O)Nc3cccc(C#N)c3)n2)c(C)c1. The number of nitrogens with zero attached hydrogens (tertiary/aromatic N) is 3. The van der Waals surface area contributed by atoms with Gasteiger partial charge >= 0.3 is 0 Å². The summed E-state index contributed by atoms with van der Waals surface area (Å²) in [6.45, 7) is 6.08. The molecule has 3 aromatic rings. The molecule has 1 amide bonds. The van der Waals surface area contributed by atoms with E-state index in [-0.39, 0.29) is 11.6 Å². The van der Waals surface area contributed by atoms with E-state index < -0.39 is 0 Å². The number of carbonyl (C=O) groups is 1. The van der Waals surface area contributed by atoms with Crippen molar-refractivity contribution in [2.45, 2.75) is 20.8 Å². The average Bonchev–Trinajstić information content (AvgIpc) is 2.65. The summed E-state index contributed by atoms with van der Waals surface area (Å²) in [5.74, 6) is -0.0173. The van der Waals surface area contributed by atoms with Gasteiger partial charge in [-0.2, -0.15) is 5.26 Å². The monoisotopic (exact) mass is 357 g/mol. The quantitative estimate of drug-likeness (QED) is 0.728. The van der Waals surface area contributed by atoms with Gasteiger partial charge in [0.1, 0.15) is 5.69 Å². The molecule has 0 aliphatic carbocycles. The Kier molecular flexibility index (Phi) is 5.13. The molecule has 3 rings (SSSR count). The van der Waals surface area contributed by atoms with Crippen LogP contribution in [0.4, 0.5) is 17.3 Å². The van der Waals surface area contributed by atoms with Crippen LogP contribution in [0.2, 0.25) is 0 Å². The van der Waals surface area contributed by atoms with Gasteiger partial charge in [0, 0.05) is 17.6 Å². The summed E-state index contributed by atoms with van der Waals surface area (Å²) < 4.78 is 0. The van der Waals surface area contributed by atoms with Crippen molar-refractivity contribution >= 4 is 23.2 Å². The molecule has 0 saturated heterocycles. The van der Waals surface area contributed by atoms with Crippen LogP contribution in [-0.2, 0) is 0 Å². The summed E-state index contributed by atoms with van der Waals surface area (Å²) in [6.07, 6.45) is 1.54.